The van der Waals surface area contributed by atoms with Gasteiger partial charge in [0, 0.05) is 22.1 Å². The Kier molecular flexibility index (Phi) is 4.18. The van der Waals surface area contributed by atoms with Crippen LogP contribution in [0.25, 0.3) is 0 Å². The predicted octanol–water partition coefficient (Wildman–Crippen LogP) is 6.22. The summed E-state index contributed by atoms with van der Waals surface area (Å²) < 4.78 is 1.04. The van der Waals surface area contributed by atoms with E-state index in [9.17, 15) is 4.79 Å². The molecule has 4 rings (SSSR count). The molecule has 1 atom stereocenters. The first-order valence-electron chi connectivity index (χ1n) is 8.37. The van der Waals surface area contributed by atoms with Crippen LogP contribution < -0.4 is 4.90 Å². The van der Waals surface area contributed by atoms with Crippen LogP contribution in [0.2, 0.25) is 0 Å². The maximum Gasteiger partial charge on any atom is 0.167 e. The fourth-order valence-electron chi connectivity index (χ4n) is 3.44. The molecule has 0 fully saturated rings. The molecule has 0 N–H and O–H groups in total. The lowest BCUT2D eigenvalue weighted by Crippen LogP contribution is -2.32. The maximum atomic E-state index is 12.7. The van der Waals surface area contributed by atoms with Crippen molar-refractivity contribution >= 4 is 33.1 Å². The van der Waals surface area contributed by atoms with E-state index in [1.807, 2.05) is 36.4 Å². The highest BCUT2D eigenvalue weighted by Crippen LogP contribution is 2.43. The number of rotatable bonds is 2. The highest BCUT2D eigenvalue weighted by molar-refractivity contribution is 9.10. The molecule has 0 aliphatic carbocycles. The SMILES string of the molecule is Cc1ccc(N2c3ccccc3C(=O)CC2c2ccc(Br)cc2)cc1. The average Bonchev–Trinajstić information content (AvgIpc) is 2.63. The van der Waals surface area contributed by atoms with Crippen LogP contribution in [0.1, 0.15) is 33.9 Å². The van der Waals surface area contributed by atoms with E-state index in [4.69, 9.17) is 0 Å². The summed E-state index contributed by atoms with van der Waals surface area (Å²) in [7, 11) is 0. The number of hydrogen-bond donors (Lipinski definition) is 0. The lowest BCUT2D eigenvalue weighted by molar-refractivity contribution is 0.0968. The number of anilines is 2. The minimum atomic E-state index is -0.00166. The Morgan fingerprint density at radius 1 is 0.920 bits per heavy atom. The van der Waals surface area contributed by atoms with Crippen molar-refractivity contribution in [3.8, 4) is 0 Å². The van der Waals surface area contributed by atoms with E-state index in [0.29, 0.717) is 6.42 Å². The number of carbonyl (C=O) groups is 1. The van der Waals surface area contributed by atoms with Gasteiger partial charge in [0.25, 0.3) is 0 Å². The van der Waals surface area contributed by atoms with Gasteiger partial charge in [-0.25, -0.2) is 0 Å². The molecule has 3 aromatic rings. The lowest BCUT2D eigenvalue weighted by atomic mass is 9.89. The van der Waals surface area contributed by atoms with E-state index >= 15 is 0 Å². The first-order chi connectivity index (χ1) is 12.1. The summed E-state index contributed by atoms with van der Waals surface area (Å²) in [6.07, 6.45) is 0.479. The van der Waals surface area contributed by atoms with Crippen LogP contribution in [-0.2, 0) is 0 Å². The van der Waals surface area contributed by atoms with Crippen LogP contribution in [0.5, 0.6) is 0 Å². The van der Waals surface area contributed by atoms with E-state index in [1.165, 1.54) is 5.56 Å². The van der Waals surface area contributed by atoms with Crippen molar-refractivity contribution in [3.05, 3.63) is 94.0 Å². The smallest absolute Gasteiger partial charge is 0.167 e. The van der Waals surface area contributed by atoms with Gasteiger partial charge in [-0.1, -0.05) is 57.9 Å². The van der Waals surface area contributed by atoms with E-state index in [0.717, 1.165) is 27.0 Å². The molecule has 3 aromatic carbocycles. The maximum absolute atomic E-state index is 12.7. The van der Waals surface area contributed by atoms with Crippen molar-refractivity contribution in [2.75, 3.05) is 4.90 Å². The van der Waals surface area contributed by atoms with Gasteiger partial charge in [-0.3, -0.25) is 4.79 Å². The normalized spacial score (nSPS) is 16.6. The van der Waals surface area contributed by atoms with Crippen LogP contribution in [0.15, 0.2) is 77.3 Å². The molecule has 0 aromatic heterocycles. The molecule has 25 heavy (non-hydrogen) atoms. The van der Waals surface area contributed by atoms with Gasteiger partial charge < -0.3 is 4.90 Å². The number of fused-ring (bicyclic) bond motifs is 1. The van der Waals surface area contributed by atoms with Crippen molar-refractivity contribution in [1.82, 2.24) is 0 Å². The number of halogens is 1. The van der Waals surface area contributed by atoms with Crippen molar-refractivity contribution in [1.29, 1.82) is 0 Å². The third kappa shape index (κ3) is 3.00. The number of aryl methyl sites for hydroxylation is 1. The van der Waals surface area contributed by atoms with Gasteiger partial charge in [0.05, 0.1) is 11.7 Å². The number of benzene rings is 3. The molecule has 1 unspecified atom stereocenters. The molecule has 1 aliphatic rings. The van der Waals surface area contributed by atoms with Gasteiger partial charge in [-0.15, -0.1) is 0 Å². The Bertz CT molecular complexity index is 916. The van der Waals surface area contributed by atoms with Gasteiger partial charge in [0.2, 0.25) is 0 Å². The van der Waals surface area contributed by atoms with Gasteiger partial charge >= 0.3 is 0 Å². The number of Topliss-reactive ketones (excluding diaryl/α,β-unsaturated/α-hetero) is 1. The molecular weight excluding hydrogens is 374 g/mol. The third-order valence-electron chi connectivity index (χ3n) is 4.72. The van der Waals surface area contributed by atoms with Crippen LogP contribution >= 0.6 is 15.9 Å². The van der Waals surface area contributed by atoms with Crippen molar-refractivity contribution in [3.63, 3.8) is 0 Å². The van der Waals surface area contributed by atoms with Crippen LogP contribution in [0.3, 0.4) is 0 Å². The fourth-order valence-corrected chi connectivity index (χ4v) is 3.70. The molecule has 0 amide bonds. The molecule has 0 spiro atoms. The molecular formula is C22H18BrNO. The summed E-state index contributed by atoms with van der Waals surface area (Å²) in [5, 5.41) is 0. The van der Waals surface area contributed by atoms with E-state index in [1.54, 1.807) is 0 Å². The van der Waals surface area contributed by atoms with Gasteiger partial charge in [0.1, 0.15) is 0 Å². The molecule has 0 radical (unpaired) electrons. The molecule has 2 nitrogen and oxygen atoms in total. The zero-order chi connectivity index (χ0) is 17.4. The summed E-state index contributed by atoms with van der Waals surface area (Å²) in [4.78, 5) is 15.0. The topological polar surface area (TPSA) is 20.3 Å². The van der Waals surface area contributed by atoms with Gasteiger partial charge in [0.15, 0.2) is 5.78 Å². The lowest BCUT2D eigenvalue weighted by Gasteiger charge is -2.38. The summed E-state index contributed by atoms with van der Waals surface area (Å²) >= 11 is 3.49. The van der Waals surface area contributed by atoms with Crippen LogP contribution in [-0.4, -0.2) is 5.78 Å². The van der Waals surface area contributed by atoms with Crippen LogP contribution in [0, 0.1) is 6.92 Å². The molecule has 0 saturated carbocycles. The standard InChI is InChI=1S/C22H18BrNO/c1-15-6-12-18(13-7-15)24-20-5-3-2-4-19(20)22(25)14-21(24)16-8-10-17(23)11-9-16/h2-13,21H,14H2,1H3. The van der Waals surface area contributed by atoms with Gasteiger partial charge in [-0.2, -0.15) is 0 Å². The number of para-hydroxylation sites is 1. The summed E-state index contributed by atoms with van der Waals surface area (Å²) in [6.45, 7) is 2.09. The highest BCUT2D eigenvalue weighted by atomic mass is 79.9. The number of nitrogens with zero attached hydrogens (tertiary/aromatic N) is 1. The Morgan fingerprint density at radius 2 is 1.60 bits per heavy atom. The minimum Gasteiger partial charge on any atom is -0.333 e. The quantitative estimate of drug-likeness (QED) is 0.516. The Hall–Kier alpha value is -2.39. The second-order valence-corrected chi connectivity index (χ2v) is 7.33. The largest absolute Gasteiger partial charge is 0.333 e. The Morgan fingerprint density at radius 3 is 2.32 bits per heavy atom. The molecule has 124 valence electrons. The van der Waals surface area contributed by atoms with Crippen LogP contribution in [0.4, 0.5) is 11.4 Å². The predicted molar refractivity (Wildman–Crippen MR) is 106 cm³/mol. The second kappa shape index (κ2) is 6.49. The van der Waals surface area contributed by atoms with Gasteiger partial charge in [-0.05, 0) is 48.9 Å². The molecule has 0 saturated heterocycles. The van der Waals surface area contributed by atoms with Crippen molar-refractivity contribution < 1.29 is 4.79 Å². The summed E-state index contributed by atoms with van der Waals surface area (Å²) in [5.41, 5.74) is 5.27. The van der Waals surface area contributed by atoms with E-state index < -0.39 is 0 Å². The van der Waals surface area contributed by atoms with Crippen molar-refractivity contribution in [2.24, 2.45) is 0 Å². The first-order valence-corrected chi connectivity index (χ1v) is 9.16. The summed E-state index contributed by atoms with van der Waals surface area (Å²) in [6, 6.07) is 24.7. The molecule has 3 heteroatoms. The Labute approximate surface area is 156 Å². The Balaban J connectivity index is 1.88. The summed E-state index contributed by atoms with van der Waals surface area (Å²) in [5.74, 6) is 0.201. The zero-order valence-electron chi connectivity index (χ0n) is 13.9. The molecule has 1 aliphatic heterocycles. The minimum absolute atomic E-state index is 0.00166. The number of ketones is 1. The third-order valence-corrected chi connectivity index (χ3v) is 5.25. The molecule has 0 bridgehead atoms. The first kappa shape index (κ1) is 16.1. The zero-order valence-corrected chi connectivity index (χ0v) is 15.5. The average molecular weight is 392 g/mol. The molecule has 1 heterocycles. The monoisotopic (exact) mass is 391 g/mol. The van der Waals surface area contributed by atoms with E-state index in [2.05, 4.69) is 64.2 Å². The number of carbonyl (C=O) groups excluding carboxylic acids is 1. The van der Waals surface area contributed by atoms with Crippen molar-refractivity contribution in [2.45, 2.75) is 19.4 Å². The number of hydrogen-bond acceptors (Lipinski definition) is 2. The fraction of sp³-hybridized carbons (Fsp3) is 0.136. The highest BCUT2D eigenvalue weighted by Gasteiger charge is 2.33. The second-order valence-electron chi connectivity index (χ2n) is 6.42. The van der Waals surface area contributed by atoms with E-state index in [-0.39, 0.29) is 11.8 Å².